The van der Waals surface area contributed by atoms with Crippen molar-refractivity contribution in [2.24, 2.45) is 0 Å². The van der Waals surface area contributed by atoms with E-state index in [4.69, 9.17) is 4.74 Å². The third kappa shape index (κ3) is 3.10. The van der Waals surface area contributed by atoms with E-state index in [-0.39, 0.29) is 0 Å². The summed E-state index contributed by atoms with van der Waals surface area (Å²) in [4.78, 5) is 2.48. The van der Waals surface area contributed by atoms with Crippen LogP contribution in [0.1, 0.15) is 26.2 Å². The lowest BCUT2D eigenvalue weighted by molar-refractivity contribution is 0.0570. The summed E-state index contributed by atoms with van der Waals surface area (Å²) in [6, 6.07) is 0. The molecule has 0 saturated carbocycles. The van der Waals surface area contributed by atoms with E-state index >= 15 is 0 Å². The van der Waals surface area contributed by atoms with E-state index in [1.54, 1.807) is 0 Å². The predicted molar refractivity (Wildman–Crippen MR) is 62.4 cm³/mol. The summed E-state index contributed by atoms with van der Waals surface area (Å²) in [5.74, 6) is 1.06. The maximum Gasteiger partial charge on any atom is 0.115 e. The lowest BCUT2D eigenvalue weighted by Crippen LogP contribution is -2.36. The maximum atomic E-state index is 5.95. The molecule has 2 rings (SSSR count). The first-order valence-electron chi connectivity index (χ1n) is 5.97. The van der Waals surface area contributed by atoms with Crippen LogP contribution in [-0.2, 0) is 4.74 Å². The van der Waals surface area contributed by atoms with Gasteiger partial charge in [-0.2, -0.15) is 0 Å². The highest BCUT2D eigenvalue weighted by Crippen LogP contribution is 2.19. The van der Waals surface area contributed by atoms with Gasteiger partial charge in [-0.15, -0.1) is 0 Å². The molecule has 0 aromatic rings. The van der Waals surface area contributed by atoms with Crippen LogP contribution in [0.15, 0.2) is 24.0 Å². The zero-order valence-corrected chi connectivity index (χ0v) is 9.48. The van der Waals surface area contributed by atoms with Gasteiger partial charge in [-0.25, -0.2) is 0 Å². The van der Waals surface area contributed by atoms with Gasteiger partial charge in [0.15, 0.2) is 0 Å². The number of likely N-dealkylation sites (tertiary alicyclic amines) is 1. The summed E-state index contributed by atoms with van der Waals surface area (Å²) in [5, 5.41) is 0. The average molecular weight is 206 g/mol. The summed E-state index contributed by atoms with van der Waals surface area (Å²) in [6.07, 6.45) is 12.2. The van der Waals surface area contributed by atoms with E-state index in [2.05, 4.69) is 36.5 Å². The lowest BCUT2D eigenvalue weighted by Gasteiger charge is -2.31. The lowest BCUT2D eigenvalue weighted by atomic mass is 10.1. The molecule has 0 spiro atoms. The topological polar surface area (TPSA) is 12.5 Å². The Morgan fingerprint density at radius 3 is 2.80 bits per heavy atom. The van der Waals surface area contributed by atoms with Crippen molar-refractivity contribution in [3.05, 3.63) is 30.4 Å². The zero-order valence-electron chi connectivity index (χ0n) is 9.48. The van der Waals surface area contributed by atoms with Gasteiger partial charge in [-0.3, -0.25) is 0 Å². The molecule has 0 aromatic heterocycles. The SMILES string of the molecule is CCN1CCC(OC2=CC[CH]C=C2)CC1. The minimum absolute atomic E-state index is 0.432. The number of nitrogens with zero attached hydrogens (tertiary/aromatic N) is 1. The molecule has 0 unspecified atom stereocenters. The Morgan fingerprint density at radius 1 is 1.40 bits per heavy atom. The third-order valence-electron chi connectivity index (χ3n) is 3.14. The Balaban J connectivity index is 1.76. The number of hydrogen-bond donors (Lipinski definition) is 0. The van der Waals surface area contributed by atoms with Crippen LogP contribution in [0.3, 0.4) is 0 Å². The van der Waals surface area contributed by atoms with Gasteiger partial charge < -0.3 is 9.64 Å². The highest BCUT2D eigenvalue weighted by Gasteiger charge is 2.19. The molecule has 0 atom stereocenters. The van der Waals surface area contributed by atoms with E-state index in [1.807, 2.05) is 0 Å². The Bertz CT molecular complexity index is 249. The normalized spacial score (nSPS) is 23.9. The summed E-state index contributed by atoms with van der Waals surface area (Å²) in [7, 11) is 0. The van der Waals surface area contributed by atoms with Crippen molar-refractivity contribution in [2.45, 2.75) is 32.3 Å². The fourth-order valence-electron chi connectivity index (χ4n) is 2.12. The highest BCUT2D eigenvalue weighted by molar-refractivity contribution is 5.21. The van der Waals surface area contributed by atoms with Gasteiger partial charge in [0.05, 0.1) is 0 Å². The van der Waals surface area contributed by atoms with Crippen molar-refractivity contribution in [1.29, 1.82) is 0 Å². The van der Waals surface area contributed by atoms with Crippen LogP contribution in [-0.4, -0.2) is 30.6 Å². The fourth-order valence-corrected chi connectivity index (χ4v) is 2.12. The summed E-state index contributed by atoms with van der Waals surface area (Å²) >= 11 is 0. The molecule has 0 bridgehead atoms. The molecular weight excluding hydrogens is 186 g/mol. The van der Waals surface area contributed by atoms with E-state index in [0.717, 1.165) is 12.2 Å². The van der Waals surface area contributed by atoms with Crippen LogP contribution in [0.25, 0.3) is 0 Å². The first-order valence-corrected chi connectivity index (χ1v) is 5.97. The van der Waals surface area contributed by atoms with Crippen molar-refractivity contribution in [1.82, 2.24) is 4.90 Å². The molecule has 1 aliphatic heterocycles. The molecule has 2 aliphatic rings. The Labute approximate surface area is 92.6 Å². The van der Waals surface area contributed by atoms with Gasteiger partial charge in [0.1, 0.15) is 11.9 Å². The Hall–Kier alpha value is -0.760. The van der Waals surface area contributed by atoms with Crippen LogP contribution >= 0.6 is 0 Å². The molecule has 0 amide bonds. The van der Waals surface area contributed by atoms with Crippen LogP contribution < -0.4 is 0 Å². The van der Waals surface area contributed by atoms with Gasteiger partial charge in [0.2, 0.25) is 0 Å². The number of ether oxygens (including phenoxy) is 1. The minimum atomic E-state index is 0.432. The van der Waals surface area contributed by atoms with Gasteiger partial charge >= 0.3 is 0 Å². The summed E-state index contributed by atoms with van der Waals surface area (Å²) in [5.41, 5.74) is 0. The maximum absolute atomic E-state index is 5.95. The average Bonchev–Trinajstić information content (AvgIpc) is 2.31. The largest absolute Gasteiger partial charge is 0.491 e. The van der Waals surface area contributed by atoms with Crippen LogP contribution in [0.4, 0.5) is 0 Å². The van der Waals surface area contributed by atoms with Crippen molar-refractivity contribution < 1.29 is 4.74 Å². The van der Waals surface area contributed by atoms with Crippen molar-refractivity contribution in [3.8, 4) is 0 Å². The van der Waals surface area contributed by atoms with Crippen molar-refractivity contribution in [3.63, 3.8) is 0 Å². The summed E-state index contributed by atoms with van der Waals surface area (Å²) < 4.78 is 5.95. The number of piperidine rings is 1. The highest BCUT2D eigenvalue weighted by atomic mass is 16.5. The standard InChI is InChI=1S/C13H20NO/c1-2-14-10-8-13(9-11-14)15-12-6-4-3-5-7-12/h3-4,6-7,13H,2,5,8-11H2,1H3. The van der Waals surface area contributed by atoms with E-state index in [1.165, 1.54) is 32.5 Å². The Morgan fingerprint density at radius 2 is 2.20 bits per heavy atom. The van der Waals surface area contributed by atoms with Crippen molar-refractivity contribution in [2.75, 3.05) is 19.6 Å². The van der Waals surface area contributed by atoms with Gasteiger partial charge in [0.25, 0.3) is 0 Å². The number of allylic oxidation sites excluding steroid dienone is 3. The van der Waals surface area contributed by atoms with Gasteiger partial charge in [-0.1, -0.05) is 13.0 Å². The molecule has 83 valence electrons. The van der Waals surface area contributed by atoms with Crippen molar-refractivity contribution >= 4 is 0 Å². The fraction of sp³-hybridized carbons (Fsp3) is 0.615. The second kappa shape index (κ2) is 5.36. The van der Waals surface area contributed by atoms with Crippen LogP contribution in [0, 0.1) is 6.42 Å². The molecule has 0 aromatic carbocycles. The van der Waals surface area contributed by atoms with Crippen LogP contribution in [0.5, 0.6) is 0 Å². The van der Waals surface area contributed by atoms with E-state index in [0.29, 0.717) is 6.10 Å². The molecule has 15 heavy (non-hydrogen) atoms. The first-order chi connectivity index (χ1) is 7.38. The molecular formula is C13H20NO. The number of rotatable bonds is 3. The van der Waals surface area contributed by atoms with E-state index in [9.17, 15) is 0 Å². The molecule has 1 fully saturated rings. The molecule has 1 saturated heterocycles. The van der Waals surface area contributed by atoms with Gasteiger partial charge in [-0.05, 0) is 44.4 Å². The number of hydrogen-bond acceptors (Lipinski definition) is 2. The van der Waals surface area contributed by atoms with Gasteiger partial charge in [0, 0.05) is 13.1 Å². The third-order valence-corrected chi connectivity index (χ3v) is 3.14. The molecule has 1 heterocycles. The zero-order chi connectivity index (χ0) is 10.5. The van der Waals surface area contributed by atoms with Crippen LogP contribution in [0.2, 0.25) is 0 Å². The smallest absolute Gasteiger partial charge is 0.115 e. The Kier molecular flexibility index (Phi) is 3.84. The van der Waals surface area contributed by atoms with E-state index < -0.39 is 0 Å². The first kappa shape index (κ1) is 10.7. The predicted octanol–water partition coefficient (Wildman–Crippen LogP) is 2.54. The minimum Gasteiger partial charge on any atom is -0.491 e. The second-order valence-corrected chi connectivity index (χ2v) is 4.19. The molecule has 2 nitrogen and oxygen atoms in total. The summed E-state index contributed by atoms with van der Waals surface area (Å²) in [6.45, 7) is 5.77. The molecule has 1 radical (unpaired) electrons. The molecule has 0 N–H and O–H groups in total. The molecule has 2 heteroatoms. The monoisotopic (exact) mass is 206 g/mol. The second-order valence-electron chi connectivity index (χ2n) is 4.19. The molecule has 1 aliphatic carbocycles. The quantitative estimate of drug-likeness (QED) is 0.703.